The molecule has 0 saturated carbocycles. The van der Waals surface area contributed by atoms with Crippen LogP contribution in [0.15, 0.2) is 65.6 Å². The molecule has 0 aliphatic heterocycles. The Morgan fingerprint density at radius 2 is 1.58 bits per heavy atom. The zero-order valence-electron chi connectivity index (χ0n) is 10.7. The predicted octanol–water partition coefficient (Wildman–Crippen LogP) is 3.01. The Balaban J connectivity index is 0.000000191. The molecule has 0 amide bonds. The zero-order chi connectivity index (χ0) is 13.8. The maximum absolute atomic E-state index is 8.27. The summed E-state index contributed by atoms with van der Waals surface area (Å²) in [6.07, 6.45) is 0. The molecule has 102 valence electrons. The third-order valence-corrected chi connectivity index (χ3v) is 2.81. The SMILES string of the molecule is CNOSc1ccccc1.ONCc1ccccc1. The average molecular weight is 278 g/mol. The first-order valence-electron chi connectivity index (χ1n) is 5.83. The smallest absolute Gasteiger partial charge is 0.0524 e. The predicted molar refractivity (Wildman–Crippen MR) is 77.5 cm³/mol. The third kappa shape index (κ3) is 7.61. The van der Waals surface area contributed by atoms with E-state index in [4.69, 9.17) is 9.49 Å². The van der Waals surface area contributed by atoms with Gasteiger partial charge in [0.1, 0.15) is 0 Å². The molecule has 0 aliphatic carbocycles. The highest BCUT2D eigenvalue weighted by Gasteiger charge is 1.88. The van der Waals surface area contributed by atoms with Crippen LogP contribution >= 0.6 is 12.0 Å². The van der Waals surface area contributed by atoms with Crippen molar-refractivity contribution in [3.8, 4) is 0 Å². The molecule has 4 nitrogen and oxygen atoms in total. The third-order valence-electron chi connectivity index (χ3n) is 2.09. The molecule has 0 spiro atoms. The van der Waals surface area contributed by atoms with Crippen molar-refractivity contribution >= 4 is 12.0 Å². The lowest BCUT2D eigenvalue weighted by Gasteiger charge is -1.97. The van der Waals surface area contributed by atoms with Gasteiger partial charge in [-0.05, 0) is 17.7 Å². The van der Waals surface area contributed by atoms with Crippen LogP contribution < -0.4 is 11.0 Å². The standard InChI is InChI=1S/C7H9NOS.C7H9NO/c1-8-9-10-7-5-3-2-4-6-7;9-8-6-7-4-2-1-3-5-7/h2-6,8H,1H3;1-5,8-9H,6H2. The number of hydrogen-bond donors (Lipinski definition) is 3. The molecule has 3 N–H and O–H groups in total. The molecule has 2 aromatic rings. The molecule has 5 heteroatoms. The van der Waals surface area contributed by atoms with Crippen molar-refractivity contribution < 1.29 is 9.49 Å². The maximum atomic E-state index is 8.27. The van der Waals surface area contributed by atoms with Crippen LogP contribution in [0.3, 0.4) is 0 Å². The van der Waals surface area contributed by atoms with Gasteiger partial charge in [-0.15, -0.1) is 0 Å². The van der Waals surface area contributed by atoms with Crippen molar-refractivity contribution in [3.63, 3.8) is 0 Å². The second-order valence-electron chi connectivity index (χ2n) is 3.50. The summed E-state index contributed by atoms with van der Waals surface area (Å²) in [5.74, 6) is 0. The fourth-order valence-electron chi connectivity index (χ4n) is 1.25. The molecule has 0 heterocycles. The van der Waals surface area contributed by atoms with Gasteiger partial charge >= 0.3 is 0 Å². The summed E-state index contributed by atoms with van der Waals surface area (Å²) in [6.45, 7) is 0.515. The molecule has 0 fully saturated rings. The van der Waals surface area contributed by atoms with Crippen LogP contribution in [0, 0.1) is 0 Å². The van der Waals surface area contributed by atoms with Crippen LogP contribution in [0.5, 0.6) is 0 Å². The Morgan fingerprint density at radius 3 is 2.11 bits per heavy atom. The largest absolute Gasteiger partial charge is 0.316 e. The molecule has 19 heavy (non-hydrogen) atoms. The van der Waals surface area contributed by atoms with E-state index < -0.39 is 0 Å². The molecule has 0 radical (unpaired) electrons. The van der Waals surface area contributed by atoms with Crippen molar-refractivity contribution in [3.05, 3.63) is 66.2 Å². The lowest BCUT2D eigenvalue weighted by Crippen LogP contribution is -2.05. The van der Waals surface area contributed by atoms with Gasteiger partial charge in [0.25, 0.3) is 0 Å². The van der Waals surface area contributed by atoms with Gasteiger partial charge in [0.05, 0.1) is 12.0 Å². The maximum Gasteiger partial charge on any atom is 0.0524 e. The van der Waals surface area contributed by atoms with Gasteiger partial charge in [-0.2, -0.15) is 5.48 Å². The summed E-state index contributed by atoms with van der Waals surface area (Å²) in [6, 6.07) is 19.6. The summed E-state index contributed by atoms with van der Waals surface area (Å²) in [4.78, 5) is 1.09. The minimum absolute atomic E-state index is 0.515. The fourth-order valence-corrected chi connectivity index (χ4v) is 1.70. The first kappa shape index (κ1) is 15.7. The monoisotopic (exact) mass is 278 g/mol. The van der Waals surface area contributed by atoms with Gasteiger partial charge in [0.15, 0.2) is 0 Å². The molecular formula is C14H18N2O2S. The normalized spacial score (nSPS) is 9.58. The summed E-state index contributed by atoms with van der Waals surface area (Å²) in [5, 5.41) is 8.27. The van der Waals surface area contributed by atoms with Crippen LogP contribution in [0.2, 0.25) is 0 Å². The van der Waals surface area contributed by atoms with Crippen LogP contribution in [0.4, 0.5) is 0 Å². The van der Waals surface area contributed by atoms with Gasteiger partial charge in [-0.3, -0.25) is 0 Å². The summed E-state index contributed by atoms with van der Waals surface area (Å²) < 4.78 is 4.89. The van der Waals surface area contributed by atoms with E-state index in [1.54, 1.807) is 7.05 Å². The van der Waals surface area contributed by atoms with Gasteiger partial charge in [0.2, 0.25) is 0 Å². The minimum atomic E-state index is 0.515. The highest BCUT2D eigenvalue weighted by atomic mass is 32.2. The molecule has 0 atom stereocenters. The number of benzene rings is 2. The van der Waals surface area contributed by atoms with Gasteiger partial charge in [-0.25, -0.2) is 9.76 Å². The molecule has 0 saturated heterocycles. The first-order chi connectivity index (χ1) is 9.36. The van der Waals surface area contributed by atoms with E-state index in [0.29, 0.717) is 6.54 Å². The van der Waals surface area contributed by atoms with Crippen molar-refractivity contribution in [2.45, 2.75) is 11.4 Å². The minimum Gasteiger partial charge on any atom is -0.316 e. The summed E-state index contributed by atoms with van der Waals surface area (Å²) >= 11 is 1.31. The van der Waals surface area contributed by atoms with Crippen LogP contribution in [-0.2, 0) is 10.8 Å². The number of nitrogens with one attached hydrogen (secondary N) is 2. The van der Waals surface area contributed by atoms with Crippen molar-refractivity contribution in [1.82, 2.24) is 11.0 Å². The van der Waals surface area contributed by atoms with E-state index in [0.717, 1.165) is 10.5 Å². The Hall–Kier alpha value is -1.37. The van der Waals surface area contributed by atoms with Crippen molar-refractivity contribution in [2.75, 3.05) is 7.05 Å². The molecule has 2 rings (SSSR count). The first-order valence-corrected chi connectivity index (χ1v) is 6.57. The summed E-state index contributed by atoms with van der Waals surface area (Å²) in [7, 11) is 1.73. The van der Waals surface area contributed by atoms with E-state index in [2.05, 4.69) is 11.0 Å². The van der Waals surface area contributed by atoms with E-state index >= 15 is 0 Å². The second-order valence-corrected chi connectivity index (χ2v) is 4.31. The lowest BCUT2D eigenvalue weighted by atomic mass is 10.2. The molecule has 0 aromatic heterocycles. The molecular weight excluding hydrogens is 260 g/mol. The van der Waals surface area contributed by atoms with Crippen LogP contribution in [0.25, 0.3) is 0 Å². The number of hydrogen-bond acceptors (Lipinski definition) is 5. The average Bonchev–Trinajstić information content (AvgIpc) is 2.48. The van der Waals surface area contributed by atoms with E-state index in [-0.39, 0.29) is 0 Å². The van der Waals surface area contributed by atoms with Gasteiger partial charge in [-0.1, -0.05) is 48.5 Å². The Morgan fingerprint density at radius 1 is 1.00 bits per heavy atom. The molecule has 0 unspecified atom stereocenters. The summed E-state index contributed by atoms with van der Waals surface area (Å²) in [5.41, 5.74) is 5.75. The number of rotatable bonds is 5. The zero-order valence-corrected chi connectivity index (χ0v) is 11.6. The van der Waals surface area contributed by atoms with Gasteiger partial charge < -0.3 is 5.21 Å². The Bertz CT molecular complexity index is 426. The Labute approximate surface area is 117 Å². The number of hydroxylamine groups is 2. The second kappa shape index (κ2) is 10.5. The fraction of sp³-hybridized carbons (Fsp3) is 0.143. The molecule has 0 bridgehead atoms. The van der Waals surface area contributed by atoms with Crippen molar-refractivity contribution in [1.29, 1.82) is 0 Å². The highest BCUT2D eigenvalue weighted by Crippen LogP contribution is 2.15. The topological polar surface area (TPSA) is 53.5 Å². The van der Waals surface area contributed by atoms with Gasteiger partial charge in [0, 0.05) is 18.5 Å². The van der Waals surface area contributed by atoms with E-state index in [1.807, 2.05) is 60.7 Å². The van der Waals surface area contributed by atoms with Crippen LogP contribution in [0.1, 0.15) is 5.56 Å². The molecule has 2 aromatic carbocycles. The molecule has 0 aliphatic rings. The lowest BCUT2D eigenvalue weighted by molar-refractivity contribution is 0.161. The quantitative estimate of drug-likeness (QED) is 0.580. The Kier molecular flexibility index (Phi) is 8.70. The van der Waals surface area contributed by atoms with Crippen molar-refractivity contribution in [2.24, 2.45) is 0 Å². The highest BCUT2D eigenvalue weighted by molar-refractivity contribution is 7.94. The van der Waals surface area contributed by atoms with Crippen LogP contribution in [-0.4, -0.2) is 12.3 Å². The van der Waals surface area contributed by atoms with E-state index in [9.17, 15) is 0 Å². The van der Waals surface area contributed by atoms with E-state index in [1.165, 1.54) is 12.0 Å².